The van der Waals surface area contributed by atoms with E-state index in [4.69, 9.17) is 4.74 Å². The van der Waals surface area contributed by atoms with Crippen molar-refractivity contribution in [2.45, 2.75) is 58.1 Å². The number of carbonyl (C=O) groups is 2. The Morgan fingerprint density at radius 3 is 2.80 bits per heavy atom. The summed E-state index contributed by atoms with van der Waals surface area (Å²) >= 11 is 0. The van der Waals surface area contributed by atoms with Crippen LogP contribution in [0.25, 0.3) is 0 Å². The molecule has 0 spiro atoms. The molecule has 114 valence electrons. The predicted molar refractivity (Wildman–Crippen MR) is 76.2 cm³/mol. The number of rotatable bonds is 4. The first-order chi connectivity index (χ1) is 9.58. The van der Waals surface area contributed by atoms with Crippen LogP contribution in [-0.4, -0.2) is 48.6 Å². The van der Waals surface area contributed by atoms with E-state index < -0.39 is 0 Å². The van der Waals surface area contributed by atoms with E-state index in [1.54, 1.807) is 0 Å². The summed E-state index contributed by atoms with van der Waals surface area (Å²) in [7, 11) is 0. The Balaban J connectivity index is 1.91. The van der Waals surface area contributed by atoms with Gasteiger partial charge in [0.05, 0.1) is 6.10 Å². The third-order valence-corrected chi connectivity index (χ3v) is 4.16. The highest BCUT2D eigenvalue weighted by Gasteiger charge is 2.32. The van der Waals surface area contributed by atoms with E-state index in [0.29, 0.717) is 19.5 Å². The number of ether oxygens (including phenoxy) is 1. The molecule has 0 aromatic heterocycles. The lowest BCUT2D eigenvalue weighted by Crippen LogP contribution is -2.48. The third-order valence-electron chi connectivity index (χ3n) is 4.16. The monoisotopic (exact) mass is 282 g/mol. The molecular weight excluding hydrogens is 256 g/mol. The Hall–Kier alpha value is -1.10. The summed E-state index contributed by atoms with van der Waals surface area (Å²) in [5.74, 6) is 0.160. The number of nitrogens with one attached hydrogen (secondary N) is 1. The molecule has 0 aliphatic carbocycles. The first-order valence-corrected chi connectivity index (χ1v) is 7.77. The van der Waals surface area contributed by atoms with Crippen LogP contribution in [-0.2, 0) is 14.3 Å². The molecule has 2 saturated heterocycles. The molecule has 0 radical (unpaired) electrons. The fourth-order valence-corrected chi connectivity index (χ4v) is 2.86. The zero-order chi connectivity index (χ0) is 14.5. The first-order valence-electron chi connectivity index (χ1n) is 7.77. The van der Waals surface area contributed by atoms with Gasteiger partial charge in [-0.3, -0.25) is 9.59 Å². The lowest BCUT2D eigenvalue weighted by molar-refractivity contribution is -0.135. The molecule has 2 fully saturated rings. The number of amides is 2. The Morgan fingerprint density at radius 2 is 2.15 bits per heavy atom. The number of carbonyl (C=O) groups excluding carboxylic acids is 2. The van der Waals surface area contributed by atoms with Crippen molar-refractivity contribution in [3.05, 3.63) is 0 Å². The van der Waals surface area contributed by atoms with Crippen molar-refractivity contribution >= 4 is 11.8 Å². The van der Waals surface area contributed by atoms with Gasteiger partial charge in [-0.1, -0.05) is 13.8 Å². The van der Waals surface area contributed by atoms with Crippen LogP contribution in [0.1, 0.15) is 46.0 Å². The molecule has 0 aromatic rings. The van der Waals surface area contributed by atoms with Crippen LogP contribution in [0.4, 0.5) is 0 Å². The molecule has 0 bridgehead atoms. The summed E-state index contributed by atoms with van der Waals surface area (Å²) in [6.45, 7) is 6.00. The zero-order valence-electron chi connectivity index (χ0n) is 12.6. The highest BCUT2D eigenvalue weighted by molar-refractivity contribution is 5.90. The average Bonchev–Trinajstić information content (AvgIpc) is 2.58. The van der Waals surface area contributed by atoms with E-state index in [1.165, 1.54) is 6.42 Å². The van der Waals surface area contributed by atoms with E-state index in [9.17, 15) is 9.59 Å². The molecule has 5 heteroatoms. The standard InChI is InChI=1S/C15H26N2O3/c1-11(2)14-15(19)17(9-7-13(18)16-14)8-6-12-5-3-4-10-20-12/h11-12,14H,3-10H2,1-2H3,(H,16,18). The third kappa shape index (κ3) is 3.95. The maximum atomic E-state index is 12.5. The summed E-state index contributed by atoms with van der Waals surface area (Å²) in [4.78, 5) is 26.0. The fourth-order valence-electron chi connectivity index (χ4n) is 2.86. The first kappa shape index (κ1) is 15.3. The van der Waals surface area contributed by atoms with Gasteiger partial charge in [0.15, 0.2) is 0 Å². The van der Waals surface area contributed by atoms with Crippen molar-refractivity contribution < 1.29 is 14.3 Å². The van der Waals surface area contributed by atoms with Crippen LogP contribution in [0.15, 0.2) is 0 Å². The van der Waals surface area contributed by atoms with Crippen molar-refractivity contribution in [2.24, 2.45) is 5.92 Å². The van der Waals surface area contributed by atoms with Gasteiger partial charge in [-0.15, -0.1) is 0 Å². The molecule has 20 heavy (non-hydrogen) atoms. The fraction of sp³-hybridized carbons (Fsp3) is 0.867. The lowest BCUT2D eigenvalue weighted by Gasteiger charge is -2.29. The molecule has 2 amide bonds. The molecule has 1 N–H and O–H groups in total. The van der Waals surface area contributed by atoms with Gasteiger partial charge in [-0.25, -0.2) is 0 Å². The highest BCUT2D eigenvalue weighted by atomic mass is 16.5. The largest absolute Gasteiger partial charge is 0.378 e. The summed E-state index contributed by atoms with van der Waals surface area (Å²) in [5.41, 5.74) is 0. The van der Waals surface area contributed by atoms with Gasteiger partial charge in [0.25, 0.3) is 0 Å². The minimum Gasteiger partial charge on any atom is -0.378 e. The van der Waals surface area contributed by atoms with E-state index >= 15 is 0 Å². The summed E-state index contributed by atoms with van der Waals surface area (Å²) in [6.07, 6.45) is 5.01. The van der Waals surface area contributed by atoms with E-state index in [0.717, 1.165) is 25.9 Å². The molecule has 5 nitrogen and oxygen atoms in total. The minimum absolute atomic E-state index is 0.0199. The molecule has 2 aliphatic rings. The SMILES string of the molecule is CC(C)C1NC(=O)CCN(CCC2CCCCO2)C1=O. The Labute approximate surface area is 121 Å². The Kier molecular flexibility index (Phi) is 5.40. The molecule has 2 rings (SSSR count). The van der Waals surface area contributed by atoms with Gasteiger partial charge in [0.1, 0.15) is 6.04 Å². The van der Waals surface area contributed by atoms with Gasteiger partial charge in [0.2, 0.25) is 11.8 Å². The number of hydrogen-bond donors (Lipinski definition) is 1. The van der Waals surface area contributed by atoms with Crippen molar-refractivity contribution in [1.29, 1.82) is 0 Å². The predicted octanol–water partition coefficient (Wildman–Crippen LogP) is 1.32. The molecule has 2 unspecified atom stereocenters. The van der Waals surface area contributed by atoms with Gasteiger partial charge < -0.3 is 15.0 Å². The van der Waals surface area contributed by atoms with Gasteiger partial charge in [-0.05, 0) is 31.6 Å². The normalized spacial score (nSPS) is 28.4. The summed E-state index contributed by atoms with van der Waals surface area (Å²) in [6, 6.07) is -0.378. The van der Waals surface area contributed by atoms with Crippen LogP contribution >= 0.6 is 0 Å². The van der Waals surface area contributed by atoms with E-state index in [1.807, 2.05) is 18.7 Å². The summed E-state index contributed by atoms with van der Waals surface area (Å²) in [5, 5.41) is 2.83. The maximum absolute atomic E-state index is 12.5. The van der Waals surface area contributed by atoms with E-state index in [-0.39, 0.29) is 29.9 Å². The molecule has 0 aromatic carbocycles. The molecule has 2 aliphatic heterocycles. The topological polar surface area (TPSA) is 58.6 Å². The van der Waals surface area contributed by atoms with Crippen LogP contribution in [0.3, 0.4) is 0 Å². The average molecular weight is 282 g/mol. The number of nitrogens with zero attached hydrogens (tertiary/aromatic N) is 1. The lowest BCUT2D eigenvalue weighted by atomic mass is 10.0. The van der Waals surface area contributed by atoms with Gasteiger partial charge in [-0.2, -0.15) is 0 Å². The van der Waals surface area contributed by atoms with Crippen molar-refractivity contribution in [3.63, 3.8) is 0 Å². The zero-order valence-corrected chi connectivity index (χ0v) is 12.6. The minimum atomic E-state index is -0.378. The van der Waals surface area contributed by atoms with Crippen LogP contribution in [0.2, 0.25) is 0 Å². The number of hydrogen-bond acceptors (Lipinski definition) is 3. The second kappa shape index (κ2) is 7.07. The second-order valence-electron chi connectivity index (χ2n) is 6.14. The van der Waals surface area contributed by atoms with Crippen molar-refractivity contribution in [3.8, 4) is 0 Å². The Bertz CT molecular complexity index is 351. The van der Waals surface area contributed by atoms with E-state index in [2.05, 4.69) is 5.32 Å². The Morgan fingerprint density at radius 1 is 1.35 bits per heavy atom. The molecule has 2 atom stereocenters. The van der Waals surface area contributed by atoms with Gasteiger partial charge >= 0.3 is 0 Å². The van der Waals surface area contributed by atoms with Crippen LogP contribution < -0.4 is 5.32 Å². The van der Waals surface area contributed by atoms with Crippen LogP contribution in [0.5, 0.6) is 0 Å². The smallest absolute Gasteiger partial charge is 0.245 e. The quantitative estimate of drug-likeness (QED) is 0.846. The van der Waals surface area contributed by atoms with Crippen molar-refractivity contribution in [1.82, 2.24) is 10.2 Å². The molecule has 0 saturated carbocycles. The summed E-state index contributed by atoms with van der Waals surface area (Å²) < 4.78 is 5.71. The molecule has 2 heterocycles. The van der Waals surface area contributed by atoms with Crippen molar-refractivity contribution in [2.75, 3.05) is 19.7 Å². The van der Waals surface area contributed by atoms with Gasteiger partial charge in [0, 0.05) is 26.1 Å². The second-order valence-corrected chi connectivity index (χ2v) is 6.14. The van der Waals surface area contributed by atoms with Crippen LogP contribution in [0, 0.1) is 5.92 Å². The maximum Gasteiger partial charge on any atom is 0.245 e. The molecular formula is C15H26N2O3. The highest BCUT2D eigenvalue weighted by Crippen LogP contribution is 2.17.